The Hall–Kier alpha value is -3.28. The number of aromatic nitrogens is 4. The maximum absolute atomic E-state index is 13.9. The Morgan fingerprint density at radius 1 is 1.04 bits per heavy atom. The third kappa shape index (κ3) is 2.62. The fourth-order valence-electron chi connectivity index (χ4n) is 2.37. The van der Waals surface area contributed by atoms with Crippen LogP contribution in [0.3, 0.4) is 0 Å². The second kappa shape index (κ2) is 5.49. The summed E-state index contributed by atoms with van der Waals surface area (Å²) in [5.74, 6) is 0.600. The summed E-state index contributed by atoms with van der Waals surface area (Å²) in [5, 5.41) is 11.1. The molecule has 0 aliphatic heterocycles. The number of halogens is 1. The third-order valence-corrected chi connectivity index (χ3v) is 3.48. The summed E-state index contributed by atoms with van der Waals surface area (Å²) in [6.45, 7) is 0. The molecule has 0 unspecified atom stereocenters. The van der Waals surface area contributed by atoms with Gasteiger partial charge in [0, 0.05) is 17.3 Å². The van der Waals surface area contributed by atoms with E-state index in [2.05, 4.69) is 25.5 Å². The lowest BCUT2D eigenvalue weighted by molar-refractivity contribution is 0.630. The Labute approximate surface area is 131 Å². The van der Waals surface area contributed by atoms with Gasteiger partial charge in [-0.05, 0) is 36.4 Å². The van der Waals surface area contributed by atoms with Crippen molar-refractivity contribution in [3.05, 3.63) is 66.7 Å². The molecule has 0 spiro atoms. The molecule has 23 heavy (non-hydrogen) atoms. The van der Waals surface area contributed by atoms with Crippen LogP contribution in [-0.4, -0.2) is 20.2 Å². The molecule has 2 heterocycles. The molecule has 2 N–H and O–H groups in total. The molecule has 0 saturated carbocycles. The van der Waals surface area contributed by atoms with Crippen LogP contribution in [-0.2, 0) is 0 Å². The van der Waals surface area contributed by atoms with Crippen molar-refractivity contribution in [2.75, 3.05) is 5.32 Å². The second-order valence-corrected chi connectivity index (χ2v) is 5.04. The lowest BCUT2D eigenvalue weighted by atomic mass is 10.2. The first-order chi connectivity index (χ1) is 11.3. The van der Waals surface area contributed by atoms with Crippen LogP contribution in [0.15, 0.2) is 60.9 Å². The van der Waals surface area contributed by atoms with Crippen molar-refractivity contribution < 1.29 is 4.39 Å². The zero-order chi connectivity index (χ0) is 15.6. The summed E-state index contributed by atoms with van der Waals surface area (Å²) >= 11 is 0. The molecule has 0 bridgehead atoms. The highest BCUT2D eigenvalue weighted by Gasteiger charge is 2.08. The Morgan fingerprint density at radius 2 is 1.96 bits per heavy atom. The van der Waals surface area contributed by atoms with Crippen LogP contribution in [0.2, 0.25) is 0 Å². The molecule has 6 heteroatoms. The topological polar surface area (TPSA) is 66.5 Å². The van der Waals surface area contributed by atoms with Gasteiger partial charge in [0.25, 0.3) is 0 Å². The average Bonchev–Trinajstić information content (AvgIpc) is 3.03. The molecule has 112 valence electrons. The summed E-state index contributed by atoms with van der Waals surface area (Å²) in [4.78, 5) is 8.53. The normalized spacial score (nSPS) is 10.8. The summed E-state index contributed by atoms with van der Waals surface area (Å²) in [6.07, 6.45) is 3.36. The van der Waals surface area contributed by atoms with Crippen LogP contribution in [0.25, 0.3) is 22.3 Å². The Morgan fingerprint density at radius 3 is 2.87 bits per heavy atom. The number of aromatic amines is 1. The van der Waals surface area contributed by atoms with Crippen molar-refractivity contribution >= 4 is 22.4 Å². The van der Waals surface area contributed by atoms with Gasteiger partial charge < -0.3 is 5.32 Å². The van der Waals surface area contributed by atoms with Crippen molar-refractivity contribution in [1.29, 1.82) is 0 Å². The maximum atomic E-state index is 13.9. The van der Waals surface area contributed by atoms with Crippen LogP contribution < -0.4 is 5.32 Å². The number of rotatable bonds is 3. The highest BCUT2D eigenvalue weighted by molar-refractivity contribution is 5.82. The highest BCUT2D eigenvalue weighted by Crippen LogP contribution is 2.23. The number of H-pyrrole nitrogens is 1. The molecule has 0 aliphatic rings. The maximum Gasteiger partial charge on any atom is 0.164 e. The Balaban J connectivity index is 1.67. The molecule has 0 aliphatic carbocycles. The van der Waals surface area contributed by atoms with E-state index in [0.29, 0.717) is 17.2 Å². The molecule has 4 rings (SSSR count). The van der Waals surface area contributed by atoms with E-state index in [-0.39, 0.29) is 5.82 Å². The Bertz CT molecular complexity index is 979. The van der Waals surface area contributed by atoms with Crippen molar-refractivity contribution in [1.82, 2.24) is 20.2 Å². The van der Waals surface area contributed by atoms with Crippen molar-refractivity contribution in [3.8, 4) is 11.4 Å². The van der Waals surface area contributed by atoms with Crippen molar-refractivity contribution in [3.63, 3.8) is 0 Å². The van der Waals surface area contributed by atoms with E-state index in [4.69, 9.17) is 0 Å². The summed E-state index contributed by atoms with van der Waals surface area (Å²) < 4.78 is 13.9. The molecule has 0 amide bonds. The predicted octanol–water partition coefficient (Wildman–Crippen LogP) is 3.90. The molecule has 0 fully saturated rings. The van der Waals surface area contributed by atoms with Gasteiger partial charge in [0.05, 0.1) is 17.3 Å². The van der Waals surface area contributed by atoms with Gasteiger partial charge in [-0.3, -0.25) is 5.10 Å². The number of hydrogen-bond donors (Lipinski definition) is 2. The molecule has 0 atom stereocenters. The number of nitrogens with one attached hydrogen (secondary N) is 2. The van der Waals surface area contributed by atoms with Gasteiger partial charge in [-0.1, -0.05) is 12.1 Å². The monoisotopic (exact) mass is 305 g/mol. The number of hydrogen-bond acceptors (Lipinski definition) is 4. The molecule has 0 radical (unpaired) electrons. The fourth-order valence-corrected chi connectivity index (χ4v) is 2.37. The number of nitrogens with zero attached hydrogens (tertiary/aromatic N) is 3. The SMILES string of the molecule is Fc1ccccc1-c1nccc(Nc2ccc3[nH]ncc3c2)n1. The zero-order valence-corrected chi connectivity index (χ0v) is 12.0. The van der Waals surface area contributed by atoms with Gasteiger partial charge in [0.2, 0.25) is 0 Å². The first kappa shape index (κ1) is 13.4. The van der Waals surface area contributed by atoms with E-state index < -0.39 is 0 Å². The van der Waals surface area contributed by atoms with Gasteiger partial charge in [0.15, 0.2) is 5.82 Å². The lowest BCUT2D eigenvalue weighted by Gasteiger charge is -2.07. The molecule has 5 nitrogen and oxygen atoms in total. The zero-order valence-electron chi connectivity index (χ0n) is 12.0. The molecular weight excluding hydrogens is 293 g/mol. The first-order valence-electron chi connectivity index (χ1n) is 7.08. The van der Waals surface area contributed by atoms with E-state index >= 15 is 0 Å². The Kier molecular flexibility index (Phi) is 3.20. The quantitative estimate of drug-likeness (QED) is 0.602. The van der Waals surface area contributed by atoms with Crippen molar-refractivity contribution in [2.45, 2.75) is 0 Å². The van der Waals surface area contributed by atoms with Crippen LogP contribution in [0.4, 0.5) is 15.9 Å². The van der Waals surface area contributed by atoms with Gasteiger partial charge >= 0.3 is 0 Å². The fraction of sp³-hybridized carbons (Fsp3) is 0. The molecule has 4 aromatic rings. The largest absolute Gasteiger partial charge is 0.340 e. The van der Waals surface area contributed by atoms with E-state index in [9.17, 15) is 4.39 Å². The van der Waals surface area contributed by atoms with Gasteiger partial charge in [0.1, 0.15) is 11.6 Å². The van der Waals surface area contributed by atoms with E-state index in [0.717, 1.165) is 16.6 Å². The number of benzene rings is 2. The predicted molar refractivity (Wildman–Crippen MR) is 86.8 cm³/mol. The standard InChI is InChI=1S/C17H12FN5/c18-14-4-2-1-3-13(14)17-19-8-7-16(22-17)21-12-5-6-15-11(9-12)10-20-23-15/h1-10H,(H,20,23)(H,19,21,22). The van der Waals surface area contributed by atoms with Crippen LogP contribution in [0, 0.1) is 5.82 Å². The lowest BCUT2D eigenvalue weighted by Crippen LogP contribution is -1.97. The van der Waals surface area contributed by atoms with Gasteiger partial charge in [-0.15, -0.1) is 0 Å². The van der Waals surface area contributed by atoms with E-state index in [1.165, 1.54) is 6.07 Å². The molecule has 2 aromatic carbocycles. The molecule has 2 aromatic heterocycles. The third-order valence-electron chi connectivity index (χ3n) is 3.48. The van der Waals surface area contributed by atoms with Crippen LogP contribution in [0.1, 0.15) is 0 Å². The van der Waals surface area contributed by atoms with E-state index in [1.807, 2.05) is 18.2 Å². The minimum atomic E-state index is -0.343. The summed E-state index contributed by atoms with van der Waals surface area (Å²) in [7, 11) is 0. The molecular formula is C17H12FN5. The van der Waals surface area contributed by atoms with Gasteiger partial charge in [-0.2, -0.15) is 5.10 Å². The molecule has 0 saturated heterocycles. The highest BCUT2D eigenvalue weighted by atomic mass is 19.1. The van der Waals surface area contributed by atoms with Gasteiger partial charge in [-0.25, -0.2) is 14.4 Å². The minimum Gasteiger partial charge on any atom is -0.340 e. The van der Waals surface area contributed by atoms with E-state index in [1.54, 1.807) is 36.7 Å². The smallest absolute Gasteiger partial charge is 0.164 e. The van der Waals surface area contributed by atoms with Crippen molar-refractivity contribution in [2.24, 2.45) is 0 Å². The van der Waals surface area contributed by atoms with Crippen LogP contribution in [0.5, 0.6) is 0 Å². The average molecular weight is 305 g/mol. The number of anilines is 2. The summed E-state index contributed by atoms with van der Waals surface area (Å²) in [6, 6.07) is 14.0. The second-order valence-electron chi connectivity index (χ2n) is 5.04. The summed E-state index contributed by atoms with van der Waals surface area (Å²) in [5.41, 5.74) is 2.21. The first-order valence-corrected chi connectivity index (χ1v) is 7.08. The minimum absolute atomic E-state index is 0.343. The van der Waals surface area contributed by atoms with Crippen LogP contribution >= 0.6 is 0 Å². The number of fused-ring (bicyclic) bond motifs is 1.